The van der Waals surface area contributed by atoms with E-state index < -0.39 is 29.3 Å². The van der Waals surface area contributed by atoms with Crippen molar-refractivity contribution in [3.8, 4) is 0 Å². The molecule has 0 saturated heterocycles. The highest BCUT2D eigenvalue weighted by atomic mass is 16.6. The number of amides is 3. The summed E-state index contributed by atoms with van der Waals surface area (Å²) in [4.78, 5) is 42.0. The average molecular weight is 490 g/mol. The minimum absolute atomic E-state index is 0.135. The van der Waals surface area contributed by atoms with Crippen molar-refractivity contribution in [1.82, 2.24) is 15.5 Å². The molecule has 0 bridgehead atoms. The molecule has 0 fully saturated rings. The SMILES string of the molecule is CCCCNC(=O)C(c1ccccc1C)N(C(=O)C(CC(C)C)NC(=O)OC(C)(C)C)C(C)(C)C. The first-order valence-electron chi connectivity index (χ1n) is 12.7. The first-order chi connectivity index (χ1) is 16.1. The minimum Gasteiger partial charge on any atom is -0.444 e. The summed E-state index contributed by atoms with van der Waals surface area (Å²) >= 11 is 0. The van der Waals surface area contributed by atoms with Gasteiger partial charge in [-0.3, -0.25) is 9.59 Å². The van der Waals surface area contributed by atoms with Crippen molar-refractivity contribution >= 4 is 17.9 Å². The van der Waals surface area contributed by atoms with E-state index in [4.69, 9.17) is 4.74 Å². The van der Waals surface area contributed by atoms with Gasteiger partial charge in [-0.2, -0.15) is 0 Å². The molecule has 0 radical (unpaired) electrons. The molecule has 0 saturated carbocycles. The lowest BCUT2D eigenvalue weighted by Crippen LogP contribution is -2.59. The quantitative estimate of drug-likeness (QED) is 0.424. The fraction of sp³-hybridized carbons (Fsp3) is 0.679. The number of carbonyl (C=O) groups is 3. The number of hydrogen-bond donors (Lipinski definition) is 2. The van der Waals surface area contributed by atoms with Crippen LogP contribution in [0.15, 0.2) is 24.3 Å². The van der Waals surface area contributed by atoms with E-state index in [2.05, 4.69) is 17.6 Å². The summed E-state index contributed by atoms with van der Waals surface area (Å²) in [6.45, 7) is 19.6. The maximum atomic E-state index is 14.2. The lowest BCUT2D eigenvalue weighted by atomic mass is 9.92. The molecule has 198 valence electrons. The lowest BCUT2D eigenvalue weighted by molar-refractivity contribution is -0.148. The van der Waals surface area contributed by atoms with Crippen LogP contribution in [0.2, 0.25) is 0 Å². The second-order valence-electron chi connectivity index (χ2n) is 11.6. The summed E-state index contributed by atoms with van der Waals surface area (Å²) in [6, 6.07) is 5.96. The molecule has 35 heavy (non-hydrogen) atoms. The second kappa shape index (κ2) is 12.9. The van der Waals surface area contributed by atoms with Crippen LogP contribution in [0.5, 0.6) is 0 Å². The normalized spacial score (nSPS) is 13.7. The number of nitrogens with one attached hydrogen (secondary N) is 2. The van der Waals surface area contributed by atoms with Gasteiger partial charge in [-0.25, -0.2) is 4.79 Å². The van der Waals surface area contributed by atoms with Crippen LogP contribution in [0, 0.1) is 12.8 Å². The molecular weight excluding hydrogens is 442 g/mol. The van der Waals surface area contributed by atoms with Gasteiger partial charge in [-0.15, -0.1) is 0 Å². The number of aryl methyl sites for hydroxylation is 1. The Labute approximate surface area is 212 Å². The van der Waals surface area contributed by atoms with Crippen LogP contribution in [-0.2, 0) is 14.3 Å². The highest BCUT2D eigenvalue weighted by Crippen LogP contribution is 2.32. The Hall–Kier alpha value is -2.57. The number of rotatable bonds is 10. The Morgan fingerprint density at radius 1 is 1.03 bits per heavy atom. The summed E-state index contributed by atoms with van der Waals surface area (Å²) in [5.74, 6) is -0.399. The van der Waals surface area contributed by atoms with Gasteiger partial charge in [0.05, 0.1) is 0 Å². The third-order valence-corrected chi connectivity index (χ3v) is 5.48. The van der Waals surface area contributed by atoms with Gasteiger partial charge in [0.2, 0.25) is 11.8 Å². The Morgan fingerprint density at radius 2 is 1.63 bits per heavy atom. The zero-order valence-corrected chi connectivity index (χ0v) is 23.5. The van der Waals surface area contributed by atoms with Crippen LogP contribution >= 0.6 is 0 Å². The van der Waals surface area contributed by atoms with E-state index in [-0.39, 0.29) is 17.7 Å². The van der Waals surface area contributed by atoms with Crippen LogP contribution in [0.25, 0.3) is 0 Å². The lowest BCUT2D eigenvalue weighted by Gasteiger charge is -2.43. The number of ether oxygens (including phenoxy) is 1. The summed E-state index contributed by atoms with van der Waals surface area (Å²) in [5, 5.41) is 5.81. The van der Waals surface area contributed by atoms with Crippen LogP contribution in [0.1, 0.15) is 98.7 Å². The van der Waals surface area contributed by atoms with Crippen molar-refractivity contribution < 1.29 is 19.1 Å². The van der Waals surface area contributed by atoms with Crippen molar-refractivity contribution in [3.05, 3.63) is 35.4 Å². The van der Waals surface area contributed by atoms with Crippen LogP contribution in [-0.4, -0.2) is 46.5 Å². The van der Waals surface area contributed by atoms with Gasteiger partial charge in [-0.1, -0.05) is 51.5 Å². The van der Waals surface area contributed by atoms with Gasteiger partial charge in [0.25, 0.3) is 0 Å². The molecule has 2 atom stereocenters. The van der Waals surface area contributed by atoms with E-state index in [0.29, 0.717) is 13.0 Å². The third kappa shape index (κ3) is 9.90. The molecule has 2 N–H and O–H groups in total. The summed E-state index contributed by atoms with van der Waals surface area (Å²) in [5.41, 5.74) is 0.301. The van der Waals surface area contributed by atoms with Gasteiger partial charge < -0.3 is 20.3 Å². The van der Waals surface area contributed by atoms with Gasteiger partial charge in [-0.05, 0) is 78.4 Å². The van der Waals surface area contributed by atoms with E-state index in [1.807, 2.05) is 65.8 Å². The molecule has 0 aromatic heterocycles. The molecular formula is C28H47N3O4. The van der Waals surface area contributed by atoms with Crippen molar-refractivity contribution in [3.63, 3.8) is 0 Å². The molecule has 0 aliphatic heterocycles. The first-order valence-corrected chi connectivity index (χ1v) is 12.7. The minimum atomic E-state index is -0.837. The third-order valence-electron chi connectivity index (χ3n) is 5.48. The molecule has 1 rings (SSSR count). The Morgan fingerprint density at radius 3 is 2.11 bits per heavy atom. The van der Waals surface area contributed by atoms with Crippen molar-refractivity contribution in [1.29, 1.82) is 0 Å². The fourth-order valence-corrected chi connectivity index (χ4v) is 3.93. The van der Waals surface area contributed by atoms with E-state index in [9.17, 15) is 14.4 Å². The molecule has 0 aliphatic rings. The largest absolute Gasteiger partial charge is 0.444 e. The smallest absolute Gasteiger partial charge is 0.408 e. The molecule has 1 aromatic carbocycles. The summed E-state index contributed by atoms with van der Waals surface area (Å²) < 4.78 is 5.44. The molecule has 2 unspecified atom stereocenters. The van der Waals surface area contributed by atoms with Crippen LogP contribution in [0.3, 0.4) is 0 Å². The molecule has 3 amide bonds. The maximum absolute atomic E-state index is 14.2. The van der Waals surface area contributed by atoms with E-state index in [0.717, 1.165) is 24.0 Å². The zero-order chi connectivity index (χ0) is 27.0. The molecule has 0 heterocycles. The number of unbranched alkanes of at least 4 members (excludes halogenated alkanes) is 1. The zero-order valence-electron chi connectivity index (χ0n) is 23.5. The predicted molar refractivity (Wildman–Crippen MR) is 141 cm³/mol. The highest BCUT2D eigenvalue weighted by Gasteiger charge is 2.42. The number of nitrogens with zero attached hydrogens (tertiary/aromatic N) is 1. The monoisotopic (exact) mass is 489 g/mol. The Balaban J connectivity index is 3.53. The maximum Gasteiger partial charge on any atom is 0.408 e. The second-order valence-corrected chi connectivity index (χ2v) is 11.6. The molecule has 7 nitrogen and oxygen atoms in total. The molecule has 7 heteroatoms. The van der Waals surface area contributed by atoms with Crippen molar-refractivity contribution in [2.75, 3.05) is 6.54 Å². The van der Waals surface area contributed by atoms with E-state index in [1.165, 1.54) is 0 Å². The van der Waals surface area contributed by atoms with E-state index in [1.54, 1.807) is 25.7 Å². The average Bonchev–Trinajstić information content (AvgIpc) is 2.69. The van der Waals surface area contributed by atoms with Crippen LogP contribution < -0.4 is 10.6 Å². The van der Waals surface area contributed by atoms with Crippen molar-refractivity contribution in [2.45, 2.75) is 112 Å². The van der Waals surface area contributed by atoms with Crippen molar-refractivity contribution in [2.24, 2.45) is 5.92 Å². The number of benzene rings is 1. The van der Waals surface area contributed by atoms with Gasteiger partial charge >= 0.3 is 6.09 Å². The number of carbonyl (C=O) groups excluding carboxylic acids is 3. The first kappa shape index (κ1) is 30.5. The topological polar surface area (TPSA) is 87.7 Å². The van der Waals surface area contributed by atoms with Crippen LogP contribution in [0.4, 0.5) is 4.79 Å². The molecule has 1 aromatic rings. The number of hydrogen-bond acceptors (Lipinski definition) is 4. The molecule has 0 aliphatic carbocycles. The summed E-state index contributed by atoms with van der Waals surface area (Å²) in [7, 11) is 0. The Bertz CT molecular complexity index is 852. The van der Waals surface area contributed by atoms with Gasteiger partial charge in [0.1, 0.15) is 17.7 Å². The Kier molecular flexibility index (Phi) is 11.3. The standard InChI is InChI=1S/C28H47N3O4/c1-11-12-17-29-24(32)23(21-16-14-13-15-20(21)4)31(27(5,6)7)25(33)22(18-19(2)3)30-26(34)35-28(8,9)10/h13-16,19,22-23H,11-12,17-18H2,1-10H3,(H,29,32)(H,30,34). The van der Waals surface area contributed by atoms with E-state index >= 15 is 0 Å². The fourth-order valence-electron chi connectivity index (χ4n) is 3.93. The predicted octanol–water partition coefficient (Wildman–Crippen LogP) is 5.52. The summed E-state index contributed by atoms with van der Waals surface area (Å²) in [6.07, 6.45) is 1.58. The number of alkyl carbamates (subject to hydrolysis) is 1. The molecule has 0 spiro atoms. The van der Waals surface area contributed by atoms with Gasteiger partial charge in [0.15, 0.2) is 0 Å². The highest BCUT2D eigenvalue weighted by molar-refractivity contribution is 5.92. The van der Waals surface area contributed by atoms with Gasteiger partial charge in [0, 0.05) is 12.1 Å².